The first kappa shape index (κ1) is 15.1. The Hall–Kier alpha value is -0.980. The van der Waals surface area contributed by atoms with Crippen LogP contribution in [-0.2, 0) is 16.6 Å². The Morgan fingerprint density at radius 1 is 1.33 bits per heavy atom. The monoisotopic (exact) mass is 271 g/mol. The maximum Gasteiger partial charge on any atom is 0.244 e. The van der Waals surface area contributed by atoms with E-state index in [4.69, 9.17) is 5.73 Å². The fraction of sp³-hybridized carbons (Fsp3) is 0.583. The molecule has 1 aromatic heterocycles. The largest absolute Gasteiger partial charge is 0.325 e. The number of aromatic nitrogens is 1. The third-order valence-corrected chi connectivity index (χ3v) is 4.63. The molecule has 1 aromatic rings. The highest BCUT2D eigenvalue weighted by atomic mass is 32.2. The van der Waals surface area contributed by atoms with E-state index in [1.165, 1.54) is 10.5 Å². The summed E-state index contributed by atoms with van der Waals surface area (Å²) in [5, 5.41) is 0. The molecule has 0 amide bonds. The van der Waals surface area contributed by atoms with Gasteiger partial charge in [-0.1, -0.05) is 19.8 Å². The zero-order valence-electron chi connectivity index (χ0n) is 11.0. The first-order valence-electron chi connectivity index (χ1n) is 6.13. The quantitative estimate of drug-likeness (QED) is 0.759. The molecule has 1 rings (SSSR count). The van der Waals surface area contributed by atoms with Crippen LogP contribution in [0.3, 0.4) is 0 Å². The molecule has 0 aliphatic heterocycles. The summed E-state index contributed by atoms with van der Waals surface area (Å²) in [5.41, 5.74) is 6.11. The Morgan fingerprint density at radius 2 is 2.06 bits per heavy atom. The molecule has 2 N–H and O–H groups in total. The third-order valence-electron chi connectivity index (χ3n) is 2.79. The van der Waals surface area contributed by atoms with Crippen LogP contribution >= 0.6 is 0 Å². The highest BCUT2D eigenvalue weighted by Gasteiger charge is 2.20. The van der Waals surface area contributed by atoms with Gasteiger partial charge in [-0.15, -0.1) is 0 Å². The molecule has 0 aromatic carbocycles. The summed E-state index contributed by atoms with van der Waals surface area (Å²) in [5.74, 6) is 0. The van der Waals surface area contributed by atoms with Crippen LogP contribution in [0.5, 0.6) is 0 Å². The summed E-state index contributed by atoms with van der Waals surface area (Å²) in [6, 6.07) is 3.20. The summed E-state index contributed by atoms with van der Waals surface area (Å²) in [4.78, 5) is 4.23. The van der Waals surface area contributed by atoms with Gasteiger partial charge in [0.15, 0.2) is 0 Å². The molecule has 5 nitrogen and oxygen atoms in total. The average Bonchev–Trinajstić information content (AvgIpc) is 2.39. The fourth-order valence-corrected chi connectivity index (χ4v) is 2.72. The van der Waals surface area contributed by atoms with Crippen LogP contribution in [0.1, 0.15) is 31.9 Å². The van der Waals surface area contributed by atoms with Crippen molar-refractivity contribution in [2.24, 2.45) is 5.73 Å². The van der Waals surface area contributed by atoms with E-state index in [2.05, 4.69) is 11.9 Å². The maximum atomic E-state index is 12.2. The molecule has 0 bridgehead atoms. The highest BCUT2D eigenvalue weighted by molar-refractivity contribution is 7.89. The van der Waals surface area contributed by atoms with Crippen molar-refractivity contribution in [3.63, 3.8) is 0 Å². The normalized spacial score (nSPS) is 12.0. The number of sulfonamides is 1. The van der Waals surface area contributed by atoms with Crippen molar-refractivity contribution in [1.29, 1.82) is 0 Å². The molecule has 0 spiro atoms. The maximum absolute atomic E-state index is 12.2. The number of nitrogens with two attached hydrogens (primary N) is 1. The van der Waals surface area contributed by atoms with Crippen molar-refractivity contribution >= 4 is 10.0 Å². The zero-order chi connectivity index (χ0) is 13.6. The topological polar surface area (TPSA) is 76.3 Å². The molecule has 0 radical (unpaired) electrons. The number of hydrogen-bond acceptors (Lipinski definition) is 4. The van der Waals surface area contributed by atoms with Gasteiger partial charge in [0.1, 0.15) is 4.90 Å². The molecule has 0 aliphatic carbocycles. The van der Waals surface area contributed by atoms with E-state index in [9.17, 15) is 8.42 Å². The Morgan fingerprint density at radius 3 is 2.56 bits per heavy atom. The van der Waals surface area contributed by atoms with Crippen LogP contribution in [-0.4, -0.2) is 31.3 Å². The summed E-state index contributed by atoms with van der Waals surface area (Å²) in [6.45, 7) is 2.94. The second kappa shape index (κ2) is 6.82. The minimum atomic E-state index is -3.41. The van der Waals surface area contributed by atoms with Gasteiger partial charge in [-0.25, -0.2) is 12.7 Å². The van der Waals surface area contributed by atoms with Gasteiger partial charge >= 0.3 is 0 Å². The predicted molar refractivity (Wildman–Crippen MR) is 71.5 cm³/mol. The van der Waals surface area contributed by atoms with Gasteiger partial charge in [0.05, 0.1) is 5.69 Å². The minimum Gasteiger partial charge on any atom is -0.325 e. The van der Waals surface area contributed by atoms with Crippen LogP contribution in [0, 0.1) is 0 Å². The van der Waals surface area contributed by atoms with Crippen molar-refractivity contribution in [3.8, 4) is 0 Å². The van der Waals surface area contributed by atoms with Gasteiger partial charge in [-0.05, 0) is 18.6 Å². The van der Waals surface area contributed by atoms with E-state index in [0.717, 1.165) is 19.3 Å². The standard InChI is InChI=1S/C12H21N3O2S/c1-3-4-5-8-15(2)18(16,17)12-7-6-11(9-13)14-10-12/h6-7,10H,3-5,8-9,13H2,1-2H3. The lowest BCUT2D eigenvalue weighted by molar-refractivity contribution is 0.454. The van der Waals surface area contributed by atoms with Crippen molar-refractivity contribution in [2.45, 2.75) is 37.6 Å². The van der Waals surface area contributed by atoms with E-state index < -0.39 is 10.0 Å². The molecule has 0 atom stereocenters. The molecular weight excluding hydrogens is 250 g/mol. The summed E-state index contributed by atoms with van der Waals surface area (Å²) >= 11 is 0. The molecule has 0 saturated heterocycles. The van der Waals surface area contributed by atoms with E-state index in [0.29, 0.717) is 18.8 Å². The lowest BCUT2D eigenvalue weighted by Crippen LogP contribution is -2.28. The Kier molecular flexibility index (Phi) is 5.71. The number of pyridine rings is 1. The van der Waals surface area contributed by atoms with Gasteiger partial charge < -0.3 is 5.73 Å². The molecule has 102 valence electrons. The van der Waals surface area contributed by atoms with Gasteiger partial charge in [0, 0.05) is 26.3 Å². The Labute approximate surface area is 109 Å². The minimum absolute atomic E-state index is 0.221. The first-order chi connectivity index (χ1) is 8.52. The van der Waals surface area contributed by atoms with E-state index in [1.54, 1.807) is 19.2 Å². The first-order valence-corrected chi connectivity index (χ1v) is 7.57. The smallest absolute Gasteiger partial charge is 0.244 e. The molecule has 0 saturated carbocycles. The number of rotatable bonds is 7. The second-order valence-corrected chi connectivity index (χ2v) is 6.27. The van der Waals surface area contributed by atoms with Crippen molar-refractivity contribution < 1.29 is 8.42 Å². The van der Waals surface area contributed by atoms with Crippen LogP contribution in [0.25, 0.3) is 0 Å². The van der Waals surface area contributed by atoms with E-state index in [1.807, 2.05) is 0 Å². The molecule has 18 heavy (non-hydrogen) atoms. The molecule has 1 heterocycles. The lowest BCUT2D eigenvalue weighted by atomic mass is 10.2. The van der Waals surface area contributed by atoms with Crippen molar-refractivity contribution in [2.75, 3.05) is 13.6 Å². The molecule has 0 aliphatic rings. The molecule has 0 fully saturated rings. The number of nitrogens with zero attached hydrogens (tertiary/aromatic N) is 2. The predicted octanol–water partition coefficient (Wildman–Crippen LogP) is 1.35. The molecule has 0 unspecified atom stereocenters. The zero-order valence-corrected chi connectivity index (χ0v) is 11.8. The van der Waals surface area contributed by atoms with Gasteiger partial charge in [0.2, 0.25) is 10.0 Å². The Balaban J connectivity index is 2.77. The molecular formula is C12H21N3O2S. The SMILES string of the molecule is CCCCCN(C)S(=O)(=O)c1ccc(CN)nc1. The van der Waals surface area contributed by atoms with E-state index >= 15 is 0 Å². The van der Waals surface area contributed by atoms with Crippen LogP contribution in [0.4, 0.5) is 0 Å². The van der Waals surface area contributed by atoms with Crippen molar-refractivity contribution in [3.05, 3.63) is 24.0 Å². The lowest BCUT2D eigenvalue weighted by Gasteiger charge is -2.16. The van der Waals surface area contributed by atoms with E-state index in [-0.39, 0.29) is 4.90 Å². The number of hydrogen-bond donors (Lipinski definition) is 1. The van der Waals surface area contributed by atoms with Gasteiger partial charge in [-0.3, -0.25) is 4.98 Å². The molecule has 6 heteroatoms. The van der Waals surface area contributed by atoms with Crippen molar-refractivity contribution in [1.82, 2.24) is 9.29 Å². The summed E-state index contributed by atoms with van der Waals surface area (Å²) in [7, 11) is -1.82. The summed E-state index contributed by atoms with van der Waals surface area (Å²) in [6.07, 6.45) is 4.35. The second-order valence-electron chi connectivity index (χ2n) is 4.22. The Bertz CT molecular complexity index is 457. The van der Waals surface area contributed by atoms with Gasteiger partial charge in [-0.2, -0.15) is 0 Å². The highest BCUT2D eigenvalue weighted by Crippen LogP contribution is 2.14. The van der Waals surface area contributed by atoms with Crippen LogP contribution < -0.4 is 5.73 Å². The average molecular weight is 271 g/mol. The third kappa shape index (κ3) is 3.76. The summed E-state index contributed by atoms with van der Waals surface area (Å²) < 4.78 is 25.7. The fourth-order valence-electron chi connectivity index (χ4n) is 1.57. The van der Waals surface area contributed by atoms with Crippen LogP contribution in [0.2, 0.25) is 0 Å². The van der Waals surface area contributed by atoms with Gasteiger partial charge in [0.25, 0.3) is 0 Å². The van der Waals surface area contributed by atoms with Crippen LogP contribution in [0.15, 0.2) is 23.2 Å². The number of unbranched alkanes of at least 4 members (excludes halogenated alkanes) is 2.